The van der Waals surface area contributed by atoms with E-state index in [4.69, 9.17) is 11.6 Å². The Morgan fingerprint density at radius 2 is 1.90 bits per heavy atom. The van der Waals surface area contributed by atoms with Crippen LogP contribution in [0.5, 0.6) is 0 Å². The molecule has 0 radical (unpaired) electrons. The van der Waals surface area contributed by atoms with Crippen LogP contribution in [0.2, 0.25) is 0 Å². The lowest BCUT2D eigenvalue weighted by Crippen LogP contribution is -2.29. The molecule has 0 saturated heterocycles. The van der Waals surface area contributed by atoms with Crippen LogP contribution in [0.1, 0.15) is 69.4 Å². The number of carboxylic acid groups (broad SMARTS) is 1. The summed E-state index contributed by atoms with van der Waals surface area (Å²) in [7, 11) is 0. The zero-order valence-electron chi connectivity index (χ0n) is 21.5. The van der Waals surface area contributed by atoms with Crippen molar-refractivity contribution < 1.29 is 23.5 Å². The number of carboxylic acids is 1. The van der Waals surface area contributed by atoms with Gasteiger partial charge in [-0.05, 0) is 41.8 Å². The van der Waals surface area contributed by atoms with E-state index < -0.39 is 34.8 Å². The molecule has 1 aliphatic carbocycles. The van der Waals surface area contributed by atoms with Crippen LogP contribution in [0.15, 0.2) is 78.9 Å². The monoisotopic (exact) mass is 561 g/mol. The Hall–Kier alpha value is -4.30. The molecule has 0 saturated carbocycles. The average Bonchev–Trinajstić information content (AvgIpc) is 3.40. The maximum Gasteiger partial charge on any atom is 0.336 e. The fraction of sp³-hybridized carbons (Fsp3) is 0.194. The highest BCUT2D eigenvalue weighted by atomic mass is 35.5. The van der Waals surface area contributed by atoms with Crippen molar-refractivity contribution in [1.29, 1.82) is 0 Å². The first kappa shape index (κ1) is 27.3. The smallest absolute Gasteiger partial charge is 0.336 e. The second-order valence-electron chi connectivity index (χ2n) is 9.60. The van der Waals surface area contributed by atoms with E-state index in [1.807, 2.05) is 37.3 Å². The van der Waals surface area contributed by atoms with Crippen LogP contribution < -0.4 is 5.32 Å². The van der Waals surface area contributed by atoms with Gasteiger partial charge in [0.15, 0.2) is 11.6 Å². The topological polar surface area (TPSA) is 95.1 Å². The van der Waals surface area contributed by atoms with Crippen LogP contribution in [-0.4, -0.2) is 32.3 Å². The maximum absolute atomic E-state index is 14.4. The number of hydrogen-bond acceptors (Lipinski definition) is 3. The second kappa shape index (κ2) is 11.4. The fourth-order valence-electron chi connectivity index (χ4n) is 5.06. The summed E-state index contributed by atoms with van der Waals surface area (Å²) in [5.74, 6) is -4.18. The summed E-state index contributed by atoms with van der Waals surface area (Å²) in [6.07, 6.45) is 6.68. The van der Waals surface area contributed by atoms with Gasteiger partial charge in [-0.25, -0.2) is 18.6 Å². The molecule has 1 heterocycles. The third kappa shape index (κ3) is 5.27. The molecule has 3 atom stereocenters. The average molecular weight is 562 g/mol. The zero-order valence-corrected chi connectivity index (χ0v) is 22.3. The largest absolute Gasteiger partial charge is 0.478 e. The summed E-state index contributed by atoms with van der Waals surface area (Å²) in [5, 5.41) is 12.5. The highest BCUT2D eigenvalue weighted by Crippen LogP contribution is 2.41. The SMILES string of the molecule is CCC[C@@H](NC(=O)c1ccc(C2C(c3nc4c(F)c(F)ccc4[nH]3)=CC=C[C@@H]2Cl)c(C(=O)O)c1)c1ccccc1. The number of nitrogens with zero attached hydrogens (tertiary/aromatic N) is 1. The van der Waals surface area contributed by atoms with E-state index in [2.05, 4.69) is 15.3 Å². The van der Waals surface area contributed by atoms with E-state index in [-0.39, 0.29) is 28.5 Å². The highest BCUT2D eigenvalue weighted by molar-refractivity contribution is 6.23. The van der Waals surface area contributed by atoms with Crippen molar-refractivity contribution in [3.05, 3.63) is 119 Å². The Morgan fingerprint density at radius 1 is 1.12 bits per heavy atom. The molecule has 4 aromatic rings. The van der Waals surface area contributed by atoms with Gasteiger partial charge in [0.05, 0.1) is 22.5 Å². The fourth-order valence-corrected chi connectivity index (χ4v) is 5.42. The molecule has 40 heavy (non-hydrogen) atoms. The molecule has 0 aliphatic heterocycles. The van der Waals surface area contributed by atoms with Crippen LogP contribution in [-0.2, 0) is 0 Å². The molecule has 0 spiro atoms. The van der Waals surface area contributed by atoms with Gasteiger partial charge in [0, 0.05) is 17.1 Å². The van der Waals surface area contributed by atoms with Gasteiger partial charge in [-0.1, -0.05) is 68.0 Å². The molecular formula is C31H26ClF2N3O3. The molecule has 3 aromatic carbocycles. The summed E-state index contributed by atoms with van der Waals surface area (Å²) in [5.41, 5.74) is 2.06. The number of fused-ring (bicyclic) bond motifs is 1. The van der Waals surface area contributed by atoms with E-state index >= 15 is 0 Å². The first-order chi connectivity index (χ1) is 19.3. The molecule has 0 bridgehead atoms. The van der Waals surface area contributed by atoms with E-state index in [1.165, 1.54) is 12.1 Å². The predicted octanol–water partition coefficient (Wildman–Crippen LogP) is 7.15. The Morgan fingerprint density at radius 3 is 2.62 bits per heavy atom. The van der Waals surface area contributed by atoms with Gasteiger partial charge in [-0.3, -0.25) is 4.79 Å². The minimum atomic E-state index is -1.23. The number of aromatic nitrogens is 2. The van der Waals surface area contributed by atoms with Crippen LogP contribution >= 0.6 is 11.6 Å². The van der Waals surface area contributed by atoms with E-state index in [0.717, 1.165) is 24.5 Å². The van der Waals surface area contributed by atoms with Crippen LogP contribution in [0, 0.1) is 11.6 Å². The van der Waals surface area contributed by atoms with Crippen molar-refractivity contribution in [2.45, 2.75) is 37.1 Å². The van der Waals surface area contributed by atoms with E-state index in [0.29, 0.717) is 16.7 Å². The molecule has 1 amide bonds. The number of halogens is 3. The van der Waals surface area contributed by atoms with Crippen molar-refractivity contribution in [1.82, 2.24) is 15.3 Å². The second-order valence-corrected chi connectivity index (χ2v) is 10.1. The van der Waals surface area contributed by atoms with Gasteiger partial charge < -0.3 is 15.4 Å². The number of benzene rings is 3. The Bertz CT molecular complexity index is 1650. The number of nitrogens with one attached hydrogen (secondary N) is 2. The molecule has 9 heteroatoms. The molecule has 5 rings (SSSR count). The summed E-state index contributed by atoms with van der Waals surface area (Å²) in [6, 6.07) is 16.2. The lowest BCUT2D eigenvalue weighted by atomic mass is 9.81. The van der Waals surface area contributed by atoms with Gasteiger partial charge in [0.1, 0.15) is 11.3 Å². The number of aromatic carboxylic acids is 1. The summed E-state index contributed by atoms with van der Waals surface area (Å²) >= 11 is 6.69. The van der Waals surface area contributed by atoms with Gasteiger partial charge in [0.2, 0.25) is 0 Å². The standard InChI is InChI=1S/C31H26ClF2N3O3/c1-2-7-24(17-8-4-3-5-9-17)36-30(38)18-12-13-19(21(16-18)31(39)40)26-20(10-6-11-22(26)32)29-35-25-15-14-23(33)27(34)28(25)37-29/h3-6,8-16,22,24,26H,2,7H2,1H3,(H,35,37)(H,36,38)(H,39,40)/t22-,24+,26?/m0/s1. The molecule has 1 aromatic heterocycles. The summed E-state index contributed by atoms with van der Waals surface area (Å²) < 4.78 is 28.2. The number of carbonyl (C=O) groups is 2. The van der Waals surface area contributed by atoms with E-state index in [9.17, 15) is 23.5 Å². The molecule has 3 N–H and O–H groups in total. The van der Waals surface area contributed by atoms with E-state index in [1.54, 1.807) is 30.4 Å². The molecule has 204 valence electrons. The van der Waals surface area contributed by atoms with Crippen molar-refractivity contribution in [3.8, 4) is 0 Å². The number of alkyl halides is 1. The lowest BCUT2D eigenvalue weighted by molar-refractivity contribution is 0.0695. The summed E-state index contributed by atoms with van der Waals surface area (Å²) in [6.45, 7) is 2.03. The van der Waals surface area contributed by atoms with Gasteiger partial charge in [0.25, 0.3) is 5.91 Å². The Balaban J connectivity index is 1.51. The molecular weight excluding hydrogens is 536 g/mol. The number of allylic oxidation sites excluding steroid dienone is 4. The molecule has 0 fully saturated rings. The number of imidazole rings is 1. The number of amides is 1. The number of hydrogen-bond donors (Lipinski definition) is 3. The van der Waals surface area contributed by atoms with Gasteiger partial charge in [-0.15, -0.1) is 11.6 Å². The minimum absolute atomic E-state index is 0.0930. The number of carbonyl (C=O) groups excluding carboxylic acids is 1. The molecule has 1 unspecified atom stereocenters. The Kier molecular flexibility index (Phi) is 7.80. The minimum Gasteiger partial charge on any atom is -0.478 e. The van der Waals surface area contributed by atoms with Crippen molar-refractivity contribution in [2.75, 3.05) is 0 Å². The normalized spacial score (nSPS) is 17.4. The molecule has 6 nitrogen and oxygen atoms in total. The number of aromatic amines is 1. The zero-order chi connectivity index (χ0) is 28.4. The van der Waals surface area contributed by atoms with Crippen LogP contribution in [0.3, 0.4) is 0 Å². The van der Waals surface area contributed by atoms with Crippen molar-refractivity contribution in [3.63, 3.8) is 0 Å². The van der Waals surface area contributed by atoms with Gasteiger partial charge in [-0.2, -0.15) is 0 Å². The third-order valence-electron chi connectivity index (χ3n) is 7.01. The highest BCUT2D eigenvalue weighted by Gasteiger charge is 2.32. The first-order valence-electron chi connectivity index (χ1n) is 12.9. The predicted molar refractivity (Wildman–Crippen MR) is 150 cm³/mol. The number of H-pyrrole nitrogens is 1. The van der Waals surface area contributed by atoms with Crippen molar-refractivity contribution in [2.24, 2.45) is 0 Å². The Labute approximate surface area is 234 Å². The first-order valence-corrected chi connectivity index (χ1v) is 13.3. The van der Waals surface area contributed by atoms with Crippen LogP contribution in [0.25, 0.3) is 16.6 Å². The number of rotatable bonds is 8. The van der Waals surface area contributed by atoms with Gasteiger partial charge >= 0.3 is 5.97 Å². The van der Waals surface area contributed by atoms with Crippen LogP contribution in [0.4, 0.5) is 8.78 Å². The van der Waals surface area contributed by atoms with Crippen molar-refractivity contribution >= 4 is 40.1 Å². The molecule has 1 aliphatic rings. The quantitative estimate of drug-likeness (QED) is 0.199. The third-order valence-corrected chi connectivity index (χ3v) is 7.41. The lowest BCUT2D eigenvalue weighted by Gasteiger charge is -2.27. The summed E-state index contributed by atoms with van der Waals surface area (Å²) in [4.78, 5) is 32.9. The maximum atomic E-state index is 14.4.